The van der Waals surface area contributed by atoms with Crippen LogP contribution in [0.15, 0.2) is 48.5 Å². The average Bonchev–Trinajstić information content (AvgIpc) is 3.32. The molecule has 3 unspecified atom stereocenters. The number of nitriles is 1. The van der Waals surface area contributed by atoms with Crippen LogP contribution in [0.25, 0.3) is 0 Å². The minimum Gasteiger partial charge on any atom is -0.495 e. The van der Waals surface area contributed by atoms with Crippen molar-refractivity contribution < 1.29 is 37.5 Å². The Morgan fingerprint density at radius 2 is 1.67 bits per heavy atom. The first kappa shape index (κ1) is 50.5. The number of methoxy groups -OCH3 is 1. The number of amides is 2. The largest absolute Gasteiger partial charge is 0.495 e. The summed E-state index contributed by atoms with van der Waals surface area (Å²) in [6.07, 6.45) is 3.35. The molecule has 0 saturated carbocycles. The molecule has 3 aromatic carbocycles. The Bertz CT molecular complexity index is 2090. The van der Waals surface area contributed by atoms with Crippen molar-refractivity contribution >= 4 is 53.9 Å². The second-order valence-corrected chi connectivity index (χ2v) is 16.3. The molecule has 0 spiro atoms. The van der Waals surface area contributed by atoms with Crippen molar-refractivity contribution in [2.45, 2.75) is 57.7 Å². The summed E-state index contributed by atoms with van der Waals surface area (Å²) in [5, 5.41) is 18.4. The number of nitrogens with zero attached hydrogens (tertiary/aromatic N) is 6. The molecule has 0 bridgehead atoms. The maximum atomic E-state index is 15.7. The molecular formula is C47H63F2N9O6. The van der Waals surface area contributed by atoms with Crippen LogP contribution in [0.5, 0.6) is 5.75 Å². The summed E-state index contributed by atoms with van der Waals surface area (Å²) in [7, 11) is 6.37. The van der Waals surface area contributed by atoms with E-state index in [1.165, 1.54) is 38.2 Å². The molecule has 0 aromatic heterocycles. The maximum absolute atomic E-state index is 15.7. The van der Waals surface area contributed by atoms with E-state index < -0.39 is 23.6 Å². The zero-order valence-electron chi connectivity index (χ0n) is 37.9. The second-order valence-electron chi connectivity index (χ2n) is 16.3. The zero-order chi connectivity index (χ0) is 46.9. The molecule has 346 valence electrons. The molecule has 2 aliphatic heterocycles. The molecule has 2 amide bonds. The van der Waals surface area contributed by atoms with Gasteiger partial charge in [0.05, 0.1) is 29.6 Å². The van der Waals surface area contributed by atoms with Gasteiger partial charge in [-0.2, -0.15) is 5.26 Å². The number of carbonyl (C=O) groups excluding carboxylic acids is 5. The standard InChI is InChI=1S/C46H61F2N9O5.CH2O/c1-31(28-57(32(2)27-50-3)37-10-9-34(26-49)44(23-37)62-6)52-41-24-40(48)43(25-39(41)47)56-15-13-33(14-16-56)29-54-17-19-55(20-18-54)36-11-12-38(35(22-36)30-59)46(61)53(5)42(8-7-21-58)45(60)51-4;1-2/h9-12,21-25,30-33,42,50,52H,7-8,13-20,27-29H2,1-6H3,(H,51,60);1H2. The second kappa shape index (κ2) is 24.7. The number of hydrogen-bond donors (Lipinski definition) is 3. The fourth-order valence-corrected chi connectivity index (χ4v) is 8.57. The SMILES string of the molecule is C=O.CNCC(C)N(CC(C)Nc1cc(F)c(N2CCC(CN3CCN(c4ccc(C(=O)N(C)C(CCC=O)C(=O)NC)c(C=O)c4)CC3)CC2)cc1F)c1ccc(C#N)c(OC)c1. The zero-order valence-corrected chi connectivity index (χ0v) is 37.9. The van der Waals surface area contributed by atoms with Gasteiger partial charge >= 0.3 is 0 Å². The lowest BCUT2D eigenvalue weighted by molar-refractivity contribution is -0.125. The van der Waals surface area contributed by atoms with Crippen LogP contribution in [0.4, 0.5) is 31.5 Å². The Labute approximate surface area is 375 Å². The van der Waals surface area contributed by atoms with Gasteiger partial charge in [0, 0.05) is 127 Å². The first-order chi connectivity index (χ1) is 30.8. The van der Waals surface area contributed by atoms with Crippen molar-refractivity contribution in [2.24, 2.45) is 5.92 Å². The van der Waals surface area contributed by atoms with Crippen LogP contribution in [-0.4, -0.2) is 146 Å². The van der Waals surface area contributed by atoms with Gasteiger partial charge in [0.2, 0.25) is 5.91 Å². The highest BCUT2D eigenvalue weighted by Gasteiger charge is 2.30. The van der Waals surface area contributed by atoms with Gasteiger partial charge in [-0.05, 0) is 76.4 Å². The van der Waals surface area contributed by atoms with Crippen LogP contribution in [0.1, 0.15) is 65.8 Å². The maximum Gasteiger partial charge on any atom is 0.255 e. The van der Waals surface area contributed by atoms with E-state index in [4.69, 9.17) is 9.53 Å². The Morgan fingerprint density at radius 3 is 2.28 bits per heavy atom. The molecule has 3 aromatic rings. The molecule has 5 rings (SSSR count). The Morgan fingerprint density at radius 1 is 0.969 bits per heavy atom. The van der Waals surface area contributed by atoms with Gasteiger partial charge in [-0.25, -0.2) is 8.78 Å². The van der Waals surface area contributed by atoms with E-state index >= 15 is 8.78 Å². The number of piperazine rings is 1. The quantitative estimate of drug-likeness (QED) is 0.135. The van der Waals surface area contributed by atoms with Crippen molar-refractivity contribution in [3.05, 3.63) is 76.9 Å². The number of piperidine rings is 1. The lowest BCUT2D eigenvalue weighted by Gasteiger charge is -2.40. The molecule has 0 radical (unpaired) electrons. The topological polar surface area (TPSA) is 171 Å². The molecule has 15 nitrogen and oxygen atoms in total. The first-order valence-corrected chi connectivity index (χ1v) is 21.6. The van der Waals surface area contributed by atoms with Crippen LogP contribution in [0, 0.1) is 28.9 Å². The number of benzene rings is 3. The summed E-state index contributed by atoms with van der Waals surface area (Å²) in [5.74, 6) is -0.970. The van der Waals surface area contributed by atoms with Crippen LogP contribution >= 0.6 is 0 Å². The third-order valence-corrected chi connectivity index (χ3v) is 12.1. The highest BCUT2D eigenvalue weighted by Crippen LogP contribution is 2.32. The van der Waals surface area contributed by atoms with E-state index in [1.54, 1.807) is 18.2 Å². The molecular weight excluding hydrogens is 825 g/mol. The molecule has 0 aliphatic carbocycles. The minimum absolute atomic E-state index is 0.0483. The van der Waals surface area contributed by atoms with E-state index in [9.17, 15) is 24.4 Å². The fraction of sp³-hybridized carbons (Fsp3) is 0.489. The minimum atomic E-state index is -0.847. The predicted octanol–water partition coefficient (Wildman–Crippen LogP) is 4.59. The van der Waals surface area contributed by atoms with E-state index in [2.05, 4.69) is 43.6 Å². The van der Waals surface area contributed by atoms with Gasteiger partial charge < -0.3 is 49.9 Å². The van der Waals surface area contributed by atoms with E-state index in [-0.39, 0.29) is 53.3 Å². The summed E-state index contributed by atoms with van der Waals surface area (Å²) < 4.78 is 36.8. The normalized spacial score (nSPS) is 15.7. The van der Waals surface area contributed by atoms with E-state index in [0.717, 1.165) is 56.9 Å². The first-order valence-electron chi connectivity index (χ1n) is 21.6. The predicted molar refractivity (Wildman–Crippen MR) is 246 cm³/mol. The number of ether oxygens (including phenoxy) is 1. The van der Waals surface area contributed by atoms with Crippen molar-refractivity contribution in [3.8, 4) is 11.8 Å². The van der Waals surface area contributed by atoms with Gasteiger partial charge in [0.1, 0.15) is 42.6 Å². The van der Waals surface area contributed by atoms with Crippen molar-refractivity contribution in [3.63, 3.8) is 0 Å². The molecule has 17 heteroatoms. The van der Waals surface area contributed by atoms with Crippen LogP contribution in [-0.2, 0) is 14.4 Å². The Balaban J connectivity index is 0.00000442. The Hall–Kier alpha value is -6.12. The van der Waals surface area contributed by atoms with E-state index in [0.29, 0.717) is 56.0 Å². The number of hydrogen-bond acceptors (Lipinski definition) is 13. The smallest absolute Gasteiger partial charge is 0.255 e. The summed E-state index contributed by atoms with van der Waals surface area (Å²) in [4.78, 5) is 66.9. The number of nitrogens with one attached hydrogen (secondary N) is 3. The van der Waals surface area contributed by atoms with Crippen molar-refractivity contribution in [1.29, 1.82) is 5.26 Å². The molecule has 3 N–H and O–H groups in total. The van der Waals surface area contributed by atoms with Crippen molar-refractivity contribution in [2.75, 3.05) is 107 Å². The summed E-state index contributed by atoms with van der Waals surface area (Å²) in [5.41, 5.74) is 2.91. The third-order valence-electron chi connectivity index (χ3n) is 12.1. The average molecular weight is 888 g/mol. The number of aldehydes is 2. The lowest BCUT2D eigenvalue weighted by atomic mass is 9.95. The fourth-order valence-electron chi connectivity index (χ4n) is 8.57. The number of rotatable bonds is 20. The molecule has 2 fully saturated rings. The van der Waals surface area contributed by atoms with Gasteiger partial charge in [0.25, 0.3) is 5.91 Å². The number of likely N-dealkylation sites (N-methyl/N-ethyl adjacent to an activating group) is 3. The molecule has 2 heterocycles. The molecule has 2 saturated heterocycles. The lowest BCUT2D eigenvalue weighted by Crippen LogP contribution is -2.49. The molecule has 2 aliphatic rings. The third kappa shape index (κ3) is 12.8. The molecule has 64 heavy (non-hydrogen) atoms. The summed E-state index contributed by atoms with van der Waals surface area (Å²) >= 11 is 0. The van der Waals surface area contributed by atoms with E-state index in [1.807, 2.05) is 43.9 Å². The number of anilines is 4. The van der Waals surface area contributed by atoms with Gasteiger partial charge in [-0.15, -0.1) is 0 Å². The van der Waals surface area contributed by atoms with Gasteiger partial charge in [-0.1, -0.05) is 0 Å². The summed E-state index contributed by atoms with van der Waals surface area (Å²) in [6.45, 7) is 12.4. The highest BCUT2D eigenvalue weighted by atomic mass is 19.1. The number of carbonyl (C=O) groups is 5. The van der Waals surface area contributed by atoms with Gasteiger partial charge in [0.15, 0.2) is 6.29 Å². The van der Waals surface area contributed by atoms with Gasteiger partial charge in [-0.3, -0.25) is 19.3 Å². The van der Waals surface area contributed by atoms with Crippen LogP contribution in [0.2, 0.25) is 0 Å². The highest BCUT2D eigenvalue weighted by molar-refractivity contribution is 6.03. The van der Waals surface area contributed by atoms with Crippen LogP contribution < -0.4 is 35.4 Å². The van der Waals surface area contributed by atoms with Crippen LogP contribution in [0.3, 0.4) is 0 Å². The monoisotopic (exact) mass is 887 g/mol. The summed E-state index contributed by atoms with van der Waals surface area (Å²) in [6, 6.07) is 14.2. The Kier molecular flexibility index (Phi) is 19.5. The molecule has 3 atom stereocenters. The van der Waals surface area contributed by atoms with Crippen molar-refractivity contribution in [1.82, 2.24) is 20.4 Å². The number of halogens is 2.